The van der Waals surface area contributed by atoms with Gasteiger partial charge in [0.15, 0.2) is 0 Å². The minimum absolute atomic E-state index is 0.0120. The van der Waals surface area contributed by atoms with Crippen LogP contribution >= 0.6 is 0 Å². The molecule has 7 fully saturated rings. The summed E-state index contributed by atoms with van der Waals surface area (Å²) < 4.78 is 40.5. The molecule has 5 N–H and O–H groups in total. The first-order valence-electron chi connectivity index (χ1n) is 55.2. The largest absolute Gasteiger partial charge is 0.375 e. The van der Waals surface area contributed by atoms with E-state index in [2.05, 4.69) is 376 Å². The number of carbonyl (C=O) groups excluding carboxylic acids is 2. The van der Waals surface area contributed by atoms with Crippen LogP contribution in [-0.2, 0) is 42.7 Å². The number of hydrogen-bond acceptors (Lipinski definition) is 25. The van der Waals surface area contributed by atoms with Crippen molar-refractivity contribution in [3.8, 4) is 0 Å². The van der Waals surface area contributed by atoms with Gasteiger partial charge in [-0.2, -0.15) is 0 Å². The average molecular weight is 1980 g/mol. The zero-order chi connectivity index (χ0) is 106. The van der Waals surface area contributed by atoms with E-state index in [4.69, 9.17) is 33.2 Å². The first-order valence-corrected chi connectivity index (χ1v) is 55.2. The van der Waals surface area contributed by atoms with Crippen molar-refractivity contribution >= 4 is 11.8 Å². The Kier molecular flexibility index (Phi) is 63.3. The molecule has 0 spiro atoms. The highest BCUT2D eigenvalue weighted by molar-refractivity contribution is 5.78. The summed E-state index contributed by atoms with van der Waals surface area (Å²) in [6.45, 7) is 141. The molecule has 0 atom stereocenters. The molecule has 7 rings (SSSR count). The van der Waals surface area contributed by atoms with E-state index in [1.165, 1.54) is 124 Å². The van der Waals surface area contributed by atoms with E-state index in [0.29, 0.717) is 24.4 Å². The number of ether oxygens (including phenoxy) is 7. The van der Waals surface area contributed by atoms with Crippen molar-refractivity contribution in [2.45, 2.75) is 390 Å². The van der Waals surface area contributed by atoms with Crippen LogP contribution in [0.5, 0.6) is 0 Å². The van der Waals surface area contributed by atoms with Gasteiger partial charge < -0.3 is 69.5 Å². The molecule has 27 nitrogen and oxygen atoms in total. The van der Waals surface area contributed by atoms with E-state index in [1.54, 1.807) is 0 Å². The smallest absolute Gasteiger partial charge is 0.234 e. The molecule has 7 saturated heterocycles. The second-order valence-corrected chi connectivity index (χ2v) is 55.0. The third-order valence-electron chi connectivity index (χ3n) is 24.6. The zero-order valence-electron chi connectivity index (χ0n) is 100. The van der Waals surface area contributed by atoms with Crippen molar-refractivity contribution in [1.29, 1.82) is 0 Å². The fraction of sp³-hybridized carbons (Fsp3) is 0.982. The van der Waals surface area contributed by atoms with Gasteiger partial charge in [-0.3, -0.25) is 63.5 Å². The van der Waals surface area contributed by atoms with E-state index in [-0.39, 0.29) is 78.1 Å². The van der Waals surface area contributed by atoms with E-state index in [9.17, 15) is 9.59 Å². The molecule has 0 radical (unpaired) electrons. The summed E-state index contributed by atoms with van der Waals surface area (Å²) in [6, 6.07) is 0. The van der Waals surface area contributed by atoms with Crippen LogP contribution in [0, 0.1) is 16.7 Å². The minimum atomic E-state index is -0.0647. The van der Waals surface area contributed by atoms with Gasteiger partial charge in [0.25, 0.3) is 0 Å². The zero-order valence-corrected chi connectivity index (χ0v) is 100. The number of amides is 2. The van der Waals surface area contributed by atoms with Gasteiger partial charge in [0.2, 0.25) is 11.8 Å². The molecule has 0 aliphatic carbocycles. The SMILES string of the molecule is CC(C)(C)CCC(=O)N1CCN(CCOC(C)(C)C)CC1.CC(C)(C)CNC(=O)CN1CCN(CCOC(C)(C)C)CC1.CC(C)(C)NCC1CCN(COC(C)(C)C)CC1.CC(C)(C)NCCCN1CCN(CCOC(C)(C)C)CC1.CC(C)(C)NCCN1CCN(C(C)(C)C)CC1.CC(C)(C)NCCN1CCN(CCOC(C)(C)C)CC1.CC(C)(C)OCCN1CCN(CCOC(C)(C)C)CC1. The molecule has 7 aliphatic heterocycles. The van der Waals surface area contributed by atoms with Crippen molar-refractivity contribution in [2.75, 3.05) is 315 Å². The number of piperazine rings is 6. The van der Waals surface area contributed by atoms with Gasteiger partial charge in [-0.05, 0) is 311 Å². The number of carbonyl (C=O) groups is 2. The molecule has 0 aromatic heterocycles. The minimum Gasteiger partial charge on any atom is -0.375 e. The molecular formula is C112H238N18O9. The molecule has 830 valence electrons. The summed E-state index contributed by atoms with van der Waals surface area (Å²) in [5.41, 5.74) is 1.44. The summed E-state index contributed by atoms with van der Waals surface area (Å²) in [5.74, 6) is 1.28. The van der Waals surface area contributed by atoms with Gasteiger partial charge in [-0.1, -0.05) is 41.5 Å². The second kappa shape index (κ2) is 65.2. The number of nitrogens with one attached hydrogen (secondary N) is 5. The van der Waals surface area contributed by atoms with Crippen molar-refractivity contribution in [3.05, 3.63) is 0 Å². The summed E-state index contributed by atoms with van der Waals surface area (Å²) in [4.78, 5) is 55.9. The molecule has 0 saturated carbocycles. The number of nitrogens with zero attached hydrogens (tertiary/aromatic N) is 13. The monoisotopic (exact) mass is 1980 g/mol. The number of rotatable bonds is 37. The van der Waals surface area contributed by atoms with Crippen LogP contribution in [0.1, 0.15) is 323 Å². The highest BCUT2D eigenvalue weighted by Crippen LogP contribution is 2.24. The third kappa shape index (κ3) is 84.5. The lowest BCUT2D eigenvalue weighted by molar-refractivity contribution is -0.133. The van der Waals surface area contributed by atoms with Crippen LogP contribution in [0.15, 0.2) is 0 Å². The highest BCUT2D eigenvalue weighted by Gasteiger charge is 2.31. The maximum absolute atomic E-state index is 12.2. The Hall–Kier alpha value is -1.98. The normalized spacial score (nSPS) is 19.3. The Morgan fingerprint density at radius 2 is 0.525 bits per heavy atom. The summed E-state index contributed by atoms with van der Waals surface area (Å²) in [7, 11) is 0. The molecule has 0 aromatic carbocycles. The average Bonchev–Trinajstić information content (AvgIpc) is 0.851. The van der Waals surface area contributed by atoms with E-state index in [0.717, 1.165) is 216 Å². The molecule has 0 aromatic rings. The Labute approximate surface area is 861 Å². The predicted octanol–water partition coefficient (Wildman–Crippen LogP) is 15.2. The number of hydrogen-bond donors (Lipinski definition) is 5. The molecule has 139 heavy (non-hydrogen) atoms. The molecule has 7 aliphatic rings. The standard InChI is InChI=1S/C17H35N3O2.C17H37N3O.C17H34N2O2.C16H35N3O.C16H34N2O2.C15H32N2O.C14H31N3/c1-16(2,3)14-18-15(21)13-20-9-7-19(8-10-20)11-12-22-17(4,5)6;1-16(2,3)18-8-7-9-19-10-12-20(13-11-19)14-15-21-17(4,5)6;1-16(2,3)8-7-15(20)19-11-9-18(10-12-19)13-14-21-17(4,5)6;1-15(2,3)17-7-8-18-9-11-19(12-10-18)13-14-20-16(4,5)6;1-15(2,3)19-13-11-17-7-9-18(10-8-17)12-14-20-16(4,5)6;1-14(2,3)16-11-13-7-9-17(10-8-13)12-18-15(4,5)6;1-13(2,3)15-7-8-16-9-11-17(12-10-16)14(4,5)6/h7-14H2,1-6H3,(H,18,21);18H,7-15H2,1-6H3;7-14H2,1-6H3;17H,7-14H2,1-6H3;7-14H2,1-6H3;13,16H,7-12H2,1-6H3;15H,7-12H2,1-6H3. The van der Waals surface area contributed by atoms with Crippen LogP contribution in [0.4, 0.5) is 0 Å². The first kappa shape index (κ1) is 135. The van der Waals surface area contributed by atoms with Crippen LogP contribution in [0.3, 0.4) is 0 Å². The molecule has 27 heteroatoms. The van der Waals surface area contributed by atoms with Crippen LogP contribution < -0.4 is 26.6 Å². The fourth-order valence-electron chi connectivity index (χ4n) is 15.9. The number of piperidine rings is 1. The summed E-state index contributed by atoms with van der Waals surface area (Å²) in [6.07, 6.45) is 5.46. The van der Waals surface area contributed by atoms with Crippen LogP contribution in [0.25, 0.3) is 0 Å². The third-order valence-corrected chi connectivity index (χ3v) is 24.6. The van der Waals surface area contributed by atoms with Crippen molar-refractivity contribution in [3.63, 3.8) is 0 Å². The predicted molar refractivity (Wildman–Crippen MR) is 593 cm³/mol. The van der Waals surface area contributed by atoms with Crippen LogP contribution in [0.2, 0.25) is 0 Å². The van der Waals surface area contributed by atoms with Gasteiger partial charge in [0.1, 0.15) is 0 Å². The number of likely N-dealkylation sites (tertiary alicyclic amines) is 1. The molecule has 2 amide bonds. The van der Waals surface area contributed by atoms with E-state index in [1.807, 2.05) is 4.90 Å². The Morgan fingerprint density at radius 1 is 0.266 bits per heavy atom. The Bertz CT molecular complexity index is 2900. The fourth-order valence-corrected chi connectivity index (χ4v) is 15.9. The van der Waals surface area contributed by atoms with Gasteiger partial charge in [0.05, 0.1) is 92.1 Å². The topological polar surface area (TPSA) is 201 Å². The van der Waals surface area contributed by atoms with Gasteiger partial charge in [0, 0.05) is 276 Å². The molecular weight excluding hydrogens is 1740 g/mol. The molecule has 0 unspecified atom stereocenters. The Balaban J connectivity index is 0.000000812. The second-order valence-electron chi connectivity index (χ2n) is 55.0. The maximum Gasteiger partial charge on any atom is 0.234 e. The lowest BCUT2D eigenvalue weighted by atomic mass is 9.90. The van der Waals surface area contributed by atoms with Crippen molar-refractivity contribution in [2.24, 2.45) is 16.7 Å². The molecule has 7 heterocycles. The molecule has 0 bridgehead atoms. The van der Waals surface area contributed by atoms with Crippen molar-refractivity contribution < 1.29 is 42.7 Å². The lowest BCUT2D eigenvalue weighted by Gasteiger charge is -2.42. The van der Waals surface area contributed by atoms with Gasteiger partial charge >= 0.3 is 0 Å². The van der Waals surface area contributed by atoms with E-state index >= 15 is 0 Å². The highest BCUT2D eigenvalue weighted by atomic mass is 16.5. The Morgan fingerprint density at radius 3 is 0.791 bits per heavy atom. The van der Waals surface area contributed by atoms with E-state index < -0.39 is 0 Å². The quantitative estimate of drug-likeness (QED) is 0.0367. The van der Waals surface area contributed by atoms with Crippen LogP contribution in [-0.4, -0.2) is 457 Å². The first-order chi connectivity index (χ1) is 63.4. The summed E-state index contributed by atoms with van der Waals surface area (Å²) in [5, 5.41) is 17.3. The van der Waals surface area contributed by atoms with Crippen molar-refractivity contribution in [1.82, 2.24) is 90.3 Å². The lowest BCUT2D eigenvalue weighted by Crippen LogP contribution is -2.54. The van der Waals surface area contributed by atoms with Gasteiger partial charge in [-0.25, -0.2) is 0 Å². The van der Waals surface area contributed by atoms with Gasteiger partial charge in [-0.15, -0.1) is 0 Å². The maximum atomic E-state index is 12.2. The summed E-state index contributed by atoms with van der Waals surface area (Å²) >= 11 is 0.